The minimum Gasteiger partial charge on any atom is -0.353 e. The molecule has 1 aromatic carbocycles. The summed E-state index contributed by atoms with van der Waals surface area (Å²) in [6, 6.07) is 4.87. The minimum absolute atomic E-state index is 0.0842. The Kier molecular flexibility index (Phi) is 1.67. The predicted molar refractivity (Wildman–Crippen MR) is 57.7 cm³/mol. The normalized spacial score (nSPS) is 18.1. The second-order valence-corrected chi connectivity index (χ2v) is 4.63. The third kappa shape index (κ3) is 0.996. The van der Waals surface area contributed by atoms with Gasteiger partial charge in [-0.3, -0.25) is 9.59 Å². The fraction of sp³-hybridized carbons (Fsp3) is 0.0909. The average Bonchev–Trinajstić information content (AvgIpc) is 2.76. The molecule has 1 heterocycles. The molecule has 0 fully saturated rings. The van der Waals surface area contributed by atoms with Gasteiger partial charge in [0, 0.05) is 15.8 Å². The molecule has 3 rings (SSSR count). The number of carbonyl (C=O) groups excluding carboxylic acids is 2. The van der Waals surface area contributed by atoms with E-state index in [1.807, 2.05) is 11.4 Å². The van der Waals surface area contributed by atoms with E-state index in [0.29, 0.717) is 0 Å². The molecule has 80 valence electrons. The third-order valence-electron chi connectivity index (χ3n) is 2.72. The Labute approximate surface area is 93.8 Å². The summed E-state index contributed by atoms with van der Waals surface area (Å²) in [4.78, 5) is 23.2. The van der Waals surface area contributed by atoms with E-state index in [1.165, 1.54) is 23.5 Å². The van der Waals surface area contributed by atoms with Gasteiger partial charge in [0.15, 0.2) is 0 Å². The summed E-state index contributed by atoms with van der Waals surface area (Å²) in [5, 5.41) is 21.4. The van der Waals surface area contributed by atoms with E-state index in [2.05, 4.69) is 0 Å². The van der Waals surface area contributed by atoms with Crippen molar-refractivity contribution in [3.05, 3.63) is 34.7 Å². The largest absolute Gasteiger partial charge is 0.353 e. The van der Waals surface area contributed by atoms with Crippen LogP contribution < -0.4 is 0 Å². The van der Waals surface area contributed by atoms with Crippen molar-refractivity contribution < 1.29 is 19.8 Å². The highest BCUT2D eigenvalue weighted by Gasteiger charge is 2.50. The standard InChI is InChI=1S/C11H6O4S/c12-9-6-3-5-1-2-16-8(5)4-7(6)10(13)11(9,14)15/h1-4,14-15H. The maximum Gasteiger partial charge on any atom is 0.295 e. The van der Waals surface area contributed by atoms with Gasteiger partial charge in [-0.05, 0) is 29.0 Å². The molecule has 16 heavy (non-hydrogen) atoms. The molecular weight excluding hydrogens is 228 g/mol. The zero-order valence-corrected chi connectivity index (χ0v) is 8.75. The third-order valence-corrected chi connectivity index (χ3v) is 3.59. The molecule has 0 atom stereocenters. The Balaban J connectivity index is 2.38. The van der Waals surface area contributed by atoms with E-state index in [4.69, 9.17) is 0 Å². The van der Waals surface area contributed by atoms with Crippen LogP contribution in [0.25, 0.3) is 10.1 Å². The topological polar surface area (TPSA) is 74.6 Å². The van der Waals surface area contributed by atoms with E-state index in [1.54, 1.807) is 0 Å². The van der Waals surface area contributed by atoms with E-state index >= 15 is 0 Å². The van der Waals surface area contributed by atoms with Crippen molar-refractivity contribution in [3.8, 4) is 0 Å². The molecule has 0 bridgehead atoms. The molecule has 1 aliphatic rings. The van der Waals surface area contributed by atoms with Gasteiger partial charge in [0.25, 0.3) is 5.79 Å². The first kappa shape index (κ1) is 9.65. The first-order chi connectivity index (χ1) is 7.51. The number of hydrogen-bond donors (Lipinski definition) is 2. The van der Waals surface area contributed by atoms with Gasteiger partial charge in [0.05, 0.1) is 0 Å². The molecule has 0 saturated heterocycles. The molecule has 1 aromatic heterocycles. The number of carbonyl (C=O) groups is 2. The Morgan fingerprint density at radius 3 is 2.38 bits per heavy atom. The van der Waals surface area contributed by atoms with E-state index < -0.39 is 17.4 Å². The van der Waals surface area contributed by atoms with E-state index in [0.717, 1.165) is 10.1 Å². The van der Waals surface area contributed by atoms with Crippen LogP contribution in [0.15, 0.2) is 23.6 Å². The fourth-order valence-corrected chi connectivity index (χ4v) is 2.67. The zero-order valence-electron chi connectivity index (χ0n) is 7.93. The molecular formula is C11H6O4S. The van der Waals surface area contributed by atoms with Crippen LogP contribution in [0.3, 0.4) is 0 Å². The molecule has 0 radical (unpaired) electrons. The summed E-state index contributed by atoms with van der Waals surface area (Å²) in [5.74, 6) is -4.77. The van der Waals surface area contributed by atoms with Crippen LogP contribution >= 0.6 is 11.3 Å². The van der Waals surface area contributed by atoms with Crippen LogP contribution in [0.4, 0.5) is 0 Å². The average molecular weight is 234 g/mol. The second-order valence-electron chi connectivity index (χ2n) is 3.69. The molecule has 2 N–H and O–H groups in total. The summed E-state index contributed by atoms with van der Waals surface area (Å²) >= 11 is 1.43. The molecule has 2 aromatic rings. The summed E-state index contributed by atoms with van der Waals surface area (Å²) in [7, 11) is 0. The van der Waals surface area contributed by atoms with Crippen molar-refractivity contribution >= 4 is 33.0 Å². The number of rotatable bonds is 0. The SMILES string of the molecule is O=C1c2cc3ccsc3cc2C(=O)C1(O)O. The van der Waals surface area contributed by atoms with Crippen LogP contribution in [-0.2, 0) is 0 Å². The van der Waals surface area contributed by atoms with Gasteiger partial charge in [0.2, 0.25) is 11.6 Å². The Bertz CT molecular complexity index is 586. The molecule has 0 saturated carbocycles. The van der Waals surface area contributed by atoms with Crippen LogP contribution in [0.5, 0.6) is 0 Å². The van der Waals surface area contributed by atoms with Crippen molar-refractivity contribution in [3.63, 3.8) is 0 Å². The van der Waals surface area contributed by atoms with E-state index in [9.17, 15) is 19.8 Å². The predicted octanol–water partition coefficient (Wildman–Crippen LogP) is 0.961. The number of hydrogen-bond acceptors (Lipinski definition) is 5. The van der Waals surface area contributed by atoms with Gasteiger partial charge >= 0.3 is 0 Å². The first-order valence-electron chi connectivity index (χ1n) is 4.57. The van der Waals surface area contributed by atoms with Crippen LogP contribution in [0.2, 0.25) is 0 Å². The lowest BCUT2D eigenvalue weighted by Crippen LogP contribution is -2.40. The maximum absolute atomic E-state index is 11.6. The van der Waals surface area contributed by atoms with Gasteiger partial charge in [-0.2, -0.15) is 0 Å². The maximum atomic E-state index is 11.6. The monoisotopic (exact) mass is 234 g/mol. The van der Waals surface area contributed by atoms with Crippen LogP contribution in [0, 0.1) is 0 Å². The van der Waals surface area contributed by atoms with Crippen molar-refractivity contribution in [1.82, 2.24) is 0 Å². The lowest BCUT2D eigenvalue weighted by Gasteiger charge is -2.08. The molecule has 0 amide bonds. The number of thiophene rings is 1. The summed E-state index contributed by atoms with van der Waals surface area (Å²) in [6.45, 7) is 0. The second kappa shape index (κ2) is 2.76. The lowest BCUT2D eigenvalue weighted by atomic mass is 10.1. The van der Waals surface area contributed by atoms with Crippen molar-refractivity contribution in [1.29, 1.82) is 0 Å². The van der Waals surface area contributed by atoms with Gasteiger partial charge in [-0.1, -0.05) is 0 Å². The molecule has 0 spiro atoms. The highest BCUT2D eigenvalue weighted by atomic mass is 32.1. The molecule has 0 aliphatic heterocycles. The summed E-state index contributed by atoms with van der Waals surface area (Å²) in [5.41, 5.74) is 0.172. The molecule has 1 aliphatic carbocycles. The minimum atomic E-state index is -2.88. The summed E-state index contributed by atoms with van der Waals surface area (Å²) in [6.07, 6.45) is 0. The quantitative estimate of drug-likeness (QED) is 0.526. The highest BCUT2D eigenvalue weighted by molar-refractivity contribution is 7.17. The smallest absolute Gasteiger partial charge is 0.295 e. The van der Waals surface area contributed by atoms with Gasteiger partial charge in [-0.15, -0.1) is 11.3 Å². The van der Waals surface area contributed by atoms with Gasteiger partial charge in [-0.25, -0.2) is 0 Å². The number of aliphatic hydroxyl groups is 2. The highest BCUT2D eigenvalue weighted by Crippen LogP contribution is 2.33. The van der Waals surface area contributed by atoms with Gasteiger partial charge < -0.3 is 10.2 Å². The fourth-order valence-electron chi connectivity index (χ4n) is 1.86. The summed E-state index contributed by atoms with van der Waals surface area (Å²) < 4.78 is 0.845. The molecule has 0 unspecified atom stereocenters. The Morgan fingerprint density at radius 1 is 1.06 bits per heavy atom. The van der Waals surface area contributed by atoms with E-state index in [-0.39, 0.29) is 11.1 Å². The molecule has 5 heteroatoms. The lowest BCUT2D eigenvalue weighted by molar-refractivity contribution is -0.0857. The Morgan fingerprint density at radius 2 is 1.69 bits per heavy atom. The number of ketones is 2. The van der Waals surface area contributed by atoms with Gasteiger partial charge in [0.1, 0.15) is 0 Å². The first-order valence-corrected chi connectivity index (χ1v) is 5.45. The number of Topliss-reactive ketones (excluding diaryl/α,β-unsaturated/α-hetero) is 2. The zero-order chi connectivity index (χ0) is 11.5. The Hall–Kier alpha value is -1.56. The van der Waals surface area contributed by atoms with Crippen molar-refractivity contribution in [2.24, 2.45) is 0 Å². The number of benzene rings is 1. The molecule has 4 nitrogen and oxygen atoms in total. The number of fused-ring (bicyclic) bond motifs is 2. The van der Waals surface area contributed by atoms with Crippen LogP contribution in [0.1, 0.15) is 20.7 Å². The van der Waals surface area contributed by atoms with Crippen LogP contribution in [-0.4, -0.2) is 27.6 Å². The van der Waals surface area contributed by atoms with Crippen molar-refractivity contribution in [2.75, 3.05) is 0 Å². The van der Waals surface area contributed by atoms with Crippen molar-refractivity contribution in [2.45, 2.75) is 5.79 Å².